The number of non-ortho nitro benzene ring substituents is 1. The molecule has 1 atom stereocenters. The Morgan fingerprint density at radius 3 is 2.33 bits per heavy atom. The maximum atomic E-state index is 12.5. The van der Waals surface area contributed by atoms with Gasteiger partial charge in [-0.1, -0.05) is 19.9 Å². The summed E-state index contributed by atoms with van der Waals surface area (Å²) in [6.45, 7) is 6.89. The van der Waals surface area contributed by atoms with E-state index < -0.39 is 35.4 Å². The van der Waals surface area contributed by atoms with Crippen molar-refractivity contribution in [3.63, 3.8) is 0 Å². The lowest BCUT2D eigenvalue weighted by Gasteiger charge is -2.21. The molecule has 0 heterocycles. The van der Waals surface area contributed by atoms with Gasteiger partial charge >= 0.3 is 5.97 Å². The number of nitrogens with one attached hydrogen (secondary N) is 2. The lowest BCUT2D eigenvalue weighted by molar-refractivity contribution is -0.384. The van der Waals surface area contributed by atoms with Crippen LogP contribution in [-0.4, -0.2) is 42.0 Å². The van der Waals surface area contributed by atoms with Crippen LogP contribution in [0, 0.1) is 23.0 Å². The zero-order valence-corrected chi connectivity index (χ0v) is 18.9. The number of amides is 2. The van der Waals surface area contributed by atoms with Crippen molar-refractivity contribution in [3.8, 4) is 5.75 Å². The topological polar surface area (TPSA) is 137 Å². The minimum Gasteiger partial charge on any atom is -0.494 e. The van der Waals surface area contributed by atoms with Gasteiger partial charge in [-0.25, -0.2) is 4.79 Å². The van der Waals surface area contributed by atoms with Gasteiger partial charge in [-0.15, -0.1) is 0 Å². The third-order valence-corrected chi connectivity index (χ3v) is 4.69. The molecule has 0 saturated carbocycles. The summed E-state index contributed by atoms with van der Waals surface area (Å²) in [4.78, 5) is 47.6. The summed E-state index contributed by atoms with van der Waals surface area (Å²) in [5.74, 6) is -1.57. The number of carbonyl (C=O) groups is 3. The molecule has 10 nitrogen and oxygen atoms in total. The molecular formula is C23H27N3O7. The van der Waals surface area contributed by atoms with E-state index in [1.807, 2.05) is 6.92 Å². The highest BCUT2D eigenvalue weighted by Gasteiger charge is 2.27. The summed E-state index contributed by atoms with van der Waals surface area (Å²) in [7, 11) is 0. The molecular weight excluding hydrogens is 430 g/mol. The average Bonchev–Trinajstić information content (AvgIpc) is 2.77. The van der Waals surface area contributed by atoms with Crippen molar-refractivity contribution in [2.75, 3.05) is 18.5 Å². The van der Waals surface area contributed by atoms with E-state index in [-0.39, 0.29) is 17.3 Å². The number of aryl methyl sites for hydroxylation is 1. The number of esters is 1. The molecule has 0 aliphatic rings. The molecule has 10 heteroatoms. The van der Waals surface area contributed by atoms with E-state index >= 15 is 0 Å². The highest BCUT2D eigenvalue weighted by atomic mass is 16.6. The Bertz CT molecular complexity index is 1020. The monoisotopic (exact) mass is 457 g/mol. The van der Waals surface area contributed by atoms with E-state index in [0.717, 1.165) is 0 Å². The normalized spacial score (nSPS) is 11.4. The summed E-state index contributed by atoms with van der Waals surface area (Å²) < 4.78 is 10.4. The van der Waals surface area contributed by atoms with Gasteiger partial charge in [0.25, 0.3) is 17.5 Å². The number of hydrogen-bond acceptors (Lipinski definition) is 7. The van der Waals surface area contributed by atoms with Crippen LogP contribution in [0.5, 0.6) is 5.75 Å². The van der Waals surface area contributed by atoms with Gasteiger partial charge in [0.05, 0.1) is 17.2 Å². The van der Waals surface area contributed by atoms with Gasteiger partial charge in [0.15, 0.2) is 6.61 Å². The molecule has 2 amide bonds. The lowest BCUT2D eigenvalue weighted by atomic mass is 10.0. The van der Waals surface area contributed by atoms with Crippen LogP contribution in [0.3, 0.4) is 0 Å². The Kier molecular flexibility index (Phi) is 8.90. The predicted octanol–water partition coefficient (Wildman–Crippen LogP) is 3.24. The van der Waals surface area contributed by atoms with Crippen molar-refractivity contribution in [1.82, 2.24) is 5.32 Å². The first-order valence-electron chi connectivity index (χ1n) is 10.4. The third kappa shape index (κ3) is 7.30. The van der Waals surface area contributed by atoms with Gasteiger partial charge in [-0.3, -0.25) is 19.7 Å². The maximum absolute atomic E-state index is 12.5. The van der Waals surface area contributed by atoms with Crippen LogP contribution < -0.4 is 15.4 Å². The smallest absolute Gasteiger partial charge is 0.329 e. The summed E-state index contributed by atoms with van der Waals surface area (Å²) in [6, 6.07) is 9.55. The first-order chi connectivity index (χ1) is 15.6. The molecule has 2 rings (SSSR count). The second-order valence-corrected chi connectivity index (χ2v) is 7.56. The van der Waals surface area contributed by atoms with E-state index in [1.165, 1.54) is 18.2 Å². The highest BCUT2D eigenvalue weighted by molar-refractivity contribution is 5.98. The van der Waals surface area contributed by atoms with Crippen molar-refractivity contribution in [3.05, 3.63) is 63.7 Å². The van der Waals surface area contributed by atoms with Crippen molar-refractivity contribution < 1.29 is 28.8 Å². The van der Waals surface area contributed by atoms with E-state index in [4.69, 9.17) is 9.47 Å². The molecule has 2 N–H and O–H groups in total. The molecule has 1 unspecified atom stereocenters. The molecule has 0 spiro atoms. The number of benzene rings is 2. The zero-order chi connectivity index (χ0) is 24.5. The minimum absolute atomic E-state index is 0.176. The number of anilines is 1. The van der Waals surface area contributed by atoms with Gasteiger partial charge in [-0.05, 0) is 49.6 Å². The molecule has 176 valence electrons. The molecule has 0 radical (unpaired) electrons. The van der Waals surface area contributed by atoms with Gasteiger partial charge in [0, 0.05) is 17.7 Å². The molecule has 0 saturated heterocycles. The van der Waals surface area contributed by atoms with Crippen LogP contribution in [0.15, 0.2) is 42.5 Å². The van der Waals surface area contributed by atoms with Crippen LogP contribution in [0.2, 0.25) is 0 Å². The number of nitro groups is 1. The average molecular weight is 457 g/mol. The zero-order valence-electron chi connectivity index (χ0n) is 18.9. The Hall–Kier alpha value is -3.95. The van der Waals surface area contributed by atoms with E-state index in [0.29, 0.717) is 23.5 Å². The van der Waals surface area contributed by atoms with E-state index in [9.17, 15) is 24.5 Å². The quantitative estimate of drug-likeness (QED) is 0.317. The van der Waals surface area contributed by atoms with E-state index in [1.54, 1.807) is 45.0 Å². The Balaban J connectivity index is 1.97. The summed E-state index contributed by atoms with van der Waals surface area (Å²) >= 11 is 0. The lowest BCUT2D eigenvalue weighted by Crippen LogP contribution is -2.45. The molecule has 0 bridgehead atoms. The van der Waals surface area contributed by atoms with Crippen molar-refractivity contribution in [1.29, 1.82) is 0 Å². The summed E-state index contributed by atoms with van der Waals surface area (Å²) in [6.07, 6.45) is 0. The van der Waals surface area contributed by atoms with Gasteiger partial charge in [0.2, 0.25) is 0 Å². The van der Waals surface area contributed by atoms with E-state index in [2.05, 4.69) is 10.6 Å². The van der Waals surface area contributed by atoms with Crippen molar-refractivity contribution in [2.24, 2.45) is 5.92 Å². The van der Waals surface area contributed by atoms with Crippen molar-refractivity contribution in [2.45, 2.75) is 33.7 Å². The second-order valence-electron chi connectivity index (χ2n) is 7.56. The number of rotatable bonds is 10. The van der Waals surface area contributed by atoms with Crippen LogP contribution in [0.4, 0.5) is 11.4 Å². The molecule has 2 aromatic carbocycles. The molecule has 0 aliphatic carbocycles. The second kappa shape index (κ2) is 11.6. The summed E-state index contributed by atoms with van der Waals surface area (Å²) in [5, 5.41) is 16.0. The number of ether oxygens (including phenoxy) is 2. The van der Waals surface area contributed by atoms with Crippen LogP contribution >= 0.6 is 0 Å². The maximum Gasteiger partial charge on any atom is 0.329 e. The summed E-state index contributed by atoms with van der Waals surface area (Å²) in [5.41, 5.74) is 1.03. The van der Waals surface area contributed by atoms with Gasteiger partial charge in [-0.2, -0.15) is 0 Å². The first-order valence-corrected chi connectivity index (χ1v) is 10.4. The fourth-order valence-corrected chi connectivity index (χ4v) is 2.86. The Morgan fingerprint density at radius 2 is 1.76 bits per heavy atom. The Labute approximate surface area is 191 Å². The predicted molar refractivity (Wildman–Crippen MR) is 121 cm³/mol. The molecule has 0 fully saturated rings. The fraction of sp³-hybridized carbons (Fsp3) is 0.348. The number of carbonyl (C=O) groups excluding carboxylic acids is 3. The third-order valence-electron chi connectivity index (χ3n) is 4.69. The first kappa shape index (κ1) is 25.3. The molecule has 0 aromatic heterocycles. The van der Waals surface area contributed by atoms with Crippen LogP contribution in [0.1, 0.15) is 36.7 Å². The van der Waals surface area contributed by atoms with Crippen molar-refractivity contribution >= 4 is 29.2 Å². The van der Waals surface area contributed by atoms with Crippen LogP contribution in [-0.2, 0) is 14.3 Å². The molecule has 2 aromatic rings. The highest BCUT2D eigenvalue weighted by Crippen LogP contribution is 2.21. The molecule has 33 heavy (non-hydrogen) atoms. The number of nitro benzene ring substituents is 1. The Morgan fingerprint density at radius 1 is 1.09 bits per heavy atom. The number of nitrogens with zero attached hydrogens (tertiary/aromatic N) is 1. The molecule has 0 aliphatic heterocycles. The fourth-order valence-electron chi connectivity index (χ4n) is 2.86. The standard InChI is InChI=1S/C23H27N3O7/c1-5-32-18-10-7-16(8-11-18)22(28)25-21(14(2)3)23(29)33-13-20(27)24-19-12-17(26(30)31)9-6-15(19)4/h6-12,14,21H,5,13H2,1-4H3,(H,24,27)(H,25,28). The minimum atomic E-state index is -0.976. The largest absolute Gasteiger partial charge is 0.494 e. The SMILES string of the molecule is CCOc1ccc(C(=O)NC(C(=O)OCC(=O)Nc2cc([N+](=O)[O-])ccc2C)C(C)C)cc1. The van der Waals surface area contributed by atoms with Crippen LogP contribution in [0.25, 0.3) is 0 Å². The van der Waals surface area contributed by atoms with Gasteiger partial charge < -0.3 is 20.1 Å². The number of hydrogen-bond donors (Lipinski definition) is 2. The van der Waals surface area contributed by atoms with Gasteiger partial charge in [0.1, 0.15) is 11.8 Å².